The van der Waals surface area contributed by atoms with E-state index in [0.29, 0.717) is 6.04 Å². The van der Waals surface area contributed by atoms with Crippen LogP contribution in [0, 0.1) is 0 Å². The molecule has 2 aliphatic rings. The largest absolute Gasteiger partial charge is 0.354 e. The maximum Gasteiger partial charge on any atom is 0.237 e. The van der Waals surface area contributed by atoms with Crippen LogP contribution in [0.15, 0.2) is 24.3 Å². The molecule has 1 aromatic rings. The molecule has 1 aliphatic carbocycles. The molecule has 0 radical (unpaired) electrons. The van der Waals surface area contributed by atoms with Crippen molar-refractivity contribution in [1.82, 2.24) is 25.0 Å². The fraction of sp³-hybridized carbons (Fsp3) is 0.722. The van der Waals surface area contributed by atoms with Gasteiger partial charge in [0.25, 0.3) is 0 Å². The summed E-state index contributed by atoms with van der Waals surface area (Å²) in [6, 6.07) is 0.287. The number of nitrogens with one attached hydrogen (secondary N) is 1. The Morgan fingerprint density at radius 2 is 2.33 bits per heavy atom. The van der Waals surface area contributed by atoms with Crippen molar-refractivity contribution in [2.75, 3.05) is 13.1 Å². The lowest BCUT2D eigenvalue weighted by Crippen LogP contribution is -2.48. The van der Waals surface area contributed by atoms with E-state index in [0.717, 1.165) is 38.9 Å². The highest BCUT2D eigenvalue weighted by Crippen LogP contribution is 2.22. The van der Waals surface area contributed by atoms with E-state index in [4.69, 9.17) is 0 Å². The quantitative estimate of drug-likeness (QED) is 0.778. The van der Waals surface area contributed by atoms with Crippen LogP contribution >= 0.6 is 0 Å². The van der Waals surface area contributed by atoms with Gasteiger partial charge >= 0.3 is 0 Å². The lowest BCUT2D eigenvalue weighted by Gasteiger charge is -2.29. The first kappa shape index (κ1) is 17.1. The number of nitrogens with zero attached hydrogens (tertiary/aromatic N) is 4. The van der Waals surface area contributed by atoms with Crippen LogP contribution in [-0.2, 0) is 11.3 Å². The van der Waals surface area contributed by atoms with Crippen LogP contribution in [-0.4, -0.2) is 50.7 Å². The molecule has 1 N–H and O–H groups in total. The SMILES string of the molecule is C[C@H](C(=O)NCCC1=CCCCC1)N1CCC[C@@H]1Cn1cncn1. The van der Waals surface area contributed by atoms with Gasteiger partial charge in [-0.15, -0.1) is 0 Å². The number of likely N-dealkylation sites (tertiary alicyclic amines) is 1. The van der Waals surface area contributed by atoms with E-state index in [9.17, 15) is 4.79 Å². The molecule has 2 atom stereocenters. The summed E-state index contributed by atoms with van der Waals surface area (Å²) in [7, 11) is 0. The number of carbonyl (C=O) groups excluding carboxylic acids is 1. The third-order valence-corrected chi connectivity index (χ3v) is 5.29. The minimum Gasteiger partial charge on any atom is -0.354 e. The Bertz CT molecular complexity index is 554. The van der Waals surface area contributed by atoms with Crippen molar-refractivity contribution in [3.8, 4) is 0 Å². The smallest absolute Gasteiger partial charge is 0.237 e. The van der Waals surface area contributed by atoms with Crippen molar-refractivity contribution >= 4 is 5.91 Å². The Morgan fingerprint density at radius 3 is 3.08 bits per heavy atom. The summed E-state index contributed by atoms with van der Waals surface area (Å²) in [6.07, 6.45) is 14.0. The van der Waals surface area contributed by atoms with Gasteiger partial charge in [0, 0.05) is 12.6 Å². The minimum absolute atomic E-state index is 0.0821. The zero-order valence-electron chi connectivity index (χ0n) is 14.7. The lowest BCUT2D eigenvalue weighted by molar-refractivity contribution is -0.126. The molecule has 24 heavy (non-hydrogen) atoms. The van der Waals surface area contributed by atoms with Crippen molar-refractivity contribution < 1.29 is 4.79 Å². The van der Waals surface area contributed by atoms with Gasteiger partial charge in [0.2, 0.25) is 5.91 Å². The molecule has 1 fully saturated rings. The Kier molecular flexibility index (Phi) is 6.01. The number of amides is 1. The van der Waals surface area contributed by atoms with Gasteiger partial charge in [0.05, 0.1) is 12.6 Å². The van der Waals surface area contributed by atoms with Gasteiger partial charge < -0.3 is 5.32 Å². The van der Waals surface area contributed by atoms with Crippen molar-refractivity contribution in [1.29, 1.82) is 0 Å². The third kappa shape index (κ3) is 4.44. The van der Waals surface area contributed by atoms with Gasteiger partial charge in [-0.2, -0.15) is 5.10 Å². The van der Waals surface area contributed by atoms with E-state index in [2.05, 4.69) is 26.4 Å². The number of aromatic nitrogens is 3. The fourth-order valence-corrected chi connectivity index (χ4v) is 3.88. The summed E-state index contributed by atoms with van der Waals surface area (Å²) in [5.41, 5.74) is 1.51. The fourth-order valence-electron chi connectivity index (χ4n) is 3.88. The Morgan fingerprint density at radius 1 is 1.42 bits per heavy atom. The number of carbonyl (C=O) groups is 1. The molecule has 1 amide bonds. The van der Waals surface area contributed by atoms with Crippen LogP contribution in [0.25, 0.3) is 0 Å². The van der Waals surface area contributed by atoms with E-state index in [-0.39, 0.29) is 11.9 Å². The number of allylic oxidation sites excluding steroid dienone is 1. The molecular weight excluding hydrogens is 302 g/mol. The molecule has 1 aromatic heterocycles. The normalized spacial score (nSPS) is 23.0. The van der Waals surface area contributed by atoms with Gasteiger partial charge in [-0.3, -0.25) is 14.4 Å². The number of rotatable bonds is 7. The number of hydrogen-bond donors (Lipinski definition) is 1. The van der Waals surface area contributed by atoms with Crippen LogP contribution in [0.4, 0.5) is 0 Å². The van der Waals surface area contributed by atoms with Crippen molar-refractivity contribution in [2.45, 2.75) is 70.5 Å². The van der Waals surface area contributed by atoms with Gasteiger partial charge in [-0.25, -0.2) is 4.98 Å². The molecule has 1 saturated heterocycles. The highest BCUT2D eigenvalue weighted by Gasteiger charge is 2.32. The average Bonchev–Trinajstić information content (AvgIpc) is 3.27. The molecule has 1 aliphatic heterocycles. The number of hydrogen-bond acceptors (Lipinski definition) is 4. The predicted molar refractivity (Wildman–Crippen MR) is 93.4 cm³/mol. The maximum absolute atomic E-state index is 12.5. The molecule has 0 spiro atoms. The molecule has 0 unspecified atom stereocenters. The molecule has 3 rings (SSSR count). The molecule has 0 aromatic carbocycles. The summed E-state index contributed by atoms with van der Waals surface area (Å²) < 4.78 is 1.86. The van der Waals surface area contributed by atoms with Crippen LogP contribution in [0.2, 0.25) is 0 Å². The lowest BCUT2D eigenvalue weighted by atomic mass is 9.97. The molecule has 0 bridgehead atoms. The van der Waals surface area contributed by atoms with Gasteiger partial charge in [-0.05, 0) is 58.4 Å². The molecule has 2 heterocycles. The van der Waals surface area contributed by atoms with Crippen LogP contribution in [0.5, 0.6) is 0 Å². The first-order valence-corrected chi connectivity index (χ1v) is 9.28. The van der Waals surface area contributed by atoms with Gasteiger partial charge in [-0.1, -0.05) is 11.6 Å². The first-order chi connectivity index (χ1) is 11.7. The van der Waals surface area contributed by atoms with E-state index >= 15 is 0 Å². The summed E-state index contributed by atoms with van der Waals surface area (Å²) in [4.78, 5) is 18.8. The Hall–Kier alpha value is -1.69. The first-order valence-electron chi connectivity index (χ1n) is 9.28. The standard InChI is InChI=1S/C18H29N5O/c1-15(18(24)20-10-9-16-6-3-2-4-7-16)23-11-5-8-17(23)12-22-14-19-13-21-22/h6,13-15,17H,2-5,7-12H2,1H3,(H,20,24)/t15-,17-/m1/s1. The summed E-state index contributed by atoms with van der Waals surface area (Å²) in [5, 5.41) is 7.32. The van der Waals surface area contributed by atoms with Crippen molar-refractivity contribution in [3.05, 3.63) is 24.3 Å². The predicted octanol–water partition coefficient (Wildman–Crippen LogP) is 2.14. The van der Waals surface area contributed by atoms with Crippen LogP contribution in [0.1, 0.15) is 51.9 Å². The maximum atomic E-state index is 12.5. The van der Waals surface area contributed by atoms with Crippen LogP contribution in [0.3, 0.4) is 0 Å². The van der Waals surface area contributed by atoms with E-state index in [1.165, 1.54) is 31.3 Å². The summed E-state index contributed by atoms with van der Waals surface area (Å²) in [5.74, 6) is 0.150. The van der Waals surface area contributed by atoms with E-state index in [1.807, 2.05) is 11.6 Å². The third-order valence-electron chi connectivity index (χ3n) is 5.29. The second-order valence-corrected chi connectivity index (χ2v) is 6.98. The monoisotopic (exact) mass is 331 g/mol. The Labute approximate surface area is 144 Å². The van der Waals surface area contributed by atoms with E-state index < -0.39 is 0 Å². The van der Waals surface area contributed by atoms with Gasteiger partial charge in [0.1, 0.15) is 12.7 Å². The molecule has 6 heteroatoms. The highest BCUT2D eigenvalue weighted by atomic mass is 16.2. The Balaban J connectivity index is 1.46. The van der Waals surface area contributed by atoms with Crippen molar-refractivity contribution in [2.24, 2.45) is 0 Å². The zero-order valence-corrected chi connectivity index (χ0v) is 14.7. The van der Waals surface area contributed by atoms with Crippen LogP contribution < -0.4 is 5.32 Å². The molecular formula is C18H29N5O. The second-order valence-electron chi connectivity index (χ2n) is 6.98. The molecule has 6 nitrogen and oxygen atoms in total. The van der Waals surface area contributed by atoms with Gasteiger partial charge in [0.15, 0.2) is 0 Å². The second kappa shape index (κ2) is 8.42. The zero-order chi connectivity index (χ0) is 16.8. The van der Waals surface area contributed by atoms with Crippen molar-refractivity contribution in [3.63, 3.8) is 0 Å². The summed E-state index contributed by atoms with van der Waals surface area (Å²) in [6.45, 7) is 4.58. The molecule has 132 valence electrons. The average molecular weight is 331 g/mol. The topological polar surface area (TPSA) is 63.1 Å². The molecule has 0 saturated carbocycles. The highest BCUT2D eigenvalue weighted by molar-refractivity contribution is 5.81. The minimum atomic E-state index is -0.0821. The van der Waals surface area contributed by atoms with E-state index in [1.54, 1.807) is 12.7 Å². The summed E-state index contributed by atoms with van der Waals surface area (Å²) >= 11 is 0.